The number of halogens is 2. The van der Waals surface area contributed by atoms with Gasteiger partial charge >= 0.3 is 0 Å². The highest BCUT2D eigenvalue weighted by Gasteiger charge is 2.20. The zero-order chi connectivity index (χ0) is 14.7. The molecule has 0 atom stereocenters. The summed E-state index contributed by atoms with van der Waals surface area (Å²) in [6.07, 6.45) is 0. The van der Waals surface area contributed by atoms with E-state index >= 15 is 0 Å². The number of carbonyl (C=O) groups is 1. The van der Waals surface area contributed by atoms with E-state index in [-0.39, 0.29) is 17.1 Å². The first-order valence-electron chi connectivity index (χ1n) is 5.71. The number of rotatable bonds is 4. The van der Waals surface area contributed by atoms with Crippen LogP contribution in [-0.2, 0) is 0 Å². The molecule has 0 saturated carbocycles. The van der Waals surface area contributed by atoms with Gasteiger partial charge in [0.15, 0.2) is 17.3 Å². The maximum Gasteiger partial charge on any atom is 0.197 e. The van der Waals surface area contributed by atoms with Gasteiger partial charge in [0.2, 0.25) is 0 Å². The second-order valence-corrected chi connectivity index (χ2v) is 4.37. The Morgan fingerprint density at radius 1 is 1.20 bits per heavy atom. The molecule has 2 rings (SSSR count). The van der Waals surface area contributed by atoms with Crippen LogP contribution in [0, 0.1) is 11.9 Å². The van der Waals surface area contributed by atoms with E-state index in [4.69, 9.17) is 21.1 Å². The maximum absolute atomic E-state index is 13.5. The zero-order valence-electron chi connectivity index (χ0n) is 10.9. The number of ether oxygens (including phenoxy) is 2. The first kappa shape index (κ1) is 14.3. The number of carbonyl (C=O) groups excluding carboxylic acids is 1. The predicted octanol–water partition coefficient (Wildman–Crippen LogP) is 3.53. The Hall–Kier alpha value is -2.07. The molecule has 1 radical (unpaired) electrons. The van der Waals surface area contributed by atoms with Crippen LogP contribution in [0.1, 0.15) is 15.9 Å². The number of hydrogen-bond donors (Lipinski definition) is 0. The van der Waals surface area contributed by atoms with Gasteiger partial charge in [-0.15, -0.1) is 0 Å². The van der Waals surface area contributed by atoms with Gasteiger partial charge in [0.1, 0.15) is 5.82 Å². The first-order chi connectivity index (χ1) is 9.56. The Labute approximate surface area is 120 Å². The average Bonchev–Trinajstić information content (AvgIpc) is 2.46. The van der Waals surface area contributed by atoms with Crippen molar-refractivity contribution in [3.8, 4) is 11.5 Å². The van der Waals surface area contributed by atoms with Crippen LogP contribution in [0.5, 0.6) is 11.5 Å². The van der Waals surface area contributed by atoms with Crippen molar-refractivity contribution in [1.29, 1.82) is 0 Å². The summed E-state index contributed by atoms with van der Waals surface area (Å²) in [6.45, 7) is 0. The molecule has 20 heavy (non-hydrogen) atoms. The van der Waals surface area contributed by atoms with E-state index in [1.807, 2.05) is 0 Å². The van der Waals surface area contributed by atoms with Gasteiger partial charge in [-0.05, 0) is 24.3 Å². The zero-order valence-corrected chi connectivity index (χ0v) is 11.6. The second kappa shape index (κ2) is 5.92. The van der Waals surface area contributed by atoms with Crippen molar-refractivity contribution < 1.29 is 18.7 Å². The molecule has 0 unspecified atom stereocenters. The molecule has 0 bridgehead atoms. The lowest BCUT2D eigenvalue weighted by Gasteiger charge is -2.12. The molecule has 0 fully saturated rings. The van der Waals surface area contributed by atoms with E-state index < -0.39 is 11.6 Å². The Morgan fingerprint density at radius 3 is 2.40 bits per heavy atom. The molecule has 0 spiro atoms. The van der Waals surface area contributed by atoms with E-state index in [2.05, 4.69) is 6.07 Å². The molecule has 0 aromatic heterocycles. The molecule has 5 heteroatoms. The van der Waals surface area contributed by atoms with Crippen LogP contribution in [0.3, 0.4) is 0 Å². The van der Waals surface area contributed by atoms with Gasteiger partial charge in [0.25, 0.3) is 0 Å². The molecule has 0 aliphatic heterocycles. The monoisotopic (exact) mass is 293 g/mol. The summed E-state index contributed by atoms with van der Waals surface area (Å²) in [5.41, 5.74) is 0.336. The fourth-order valence-electron chi connectivity index (χ4n) is 1.78. The number of methoxy groups -OCH3 is 2. The van der Waals surface area contributed by atoms with Crippen molar-refractivity contribution in [2.75, 3.05) is 14.2 Å². The summed E-state index contributed by atoms with van der Waals surface area (Å²) < 4.78 is 23.6. The van der Waals surface area contributed by atoms with Crippen LogP contribution in [0.2, 0.25) is 5.02 Å². The van der Waals surface area contributed by atoms with Crippen molar-refractivity contribution >= 4 is 17.4 Å². The normalized spacial score (nSPS) is 10.2. The van der Waals surface area contributed by atoms with E-state index in [0.29, 0.717) is 10.6 Å². The molecule has 0 saturated heterocycles. The summed E-state index contributed by atoms with van der Waals surface area (Å²) in [5, 5.41) is 0.509. The van der Waals surface area contributed by atoms with Crippen LogP contribution in [-0.4, -0.2) is 20.0 Å². The summed E-state index contributed by atoms with van der Waals surface area (Å²) in [5.74, 6) is -0.828. The van der Waals surface area contributed by atoms with Crippen LogP contribution in [0.4, 0.5) is 4.39 Å². The third kappa shape index (κ3) is 2.75. The number of hydrogen-bond acceptors (Lipinski definition) is 3. The van der Waals surface area contributed by atoms with Crippen LogP contribution in [0.15, 0.2) is 30.3 Å². The minimum absolute atomic E-state index is 0.0216. The largest absolute Gasteiger partial charge is 0.493 e. The smallest absolute Gasteiger partial charge is 0.197 e. The summed E-state index contributed by atoms with van der Waals surface area (Å²) in [7, 11) is 2.75. The van der Waals surface area contributed by atoms with Gasteiger partial charge in [-0.3, -0.25) is 4.79 Å². The molecular formula is C15H11ClFO3. The molecule has 0 amide bonds. The average molecular weight is 294 g/mol. The van der Waals surface area contributed by atoms with Gasteiger partial charge in [-0.25, -0.2) is 4.39 Å². The highest BCUT2D eigenvalue weighted by Crippen LogP contribution is 2.33. The van der Waals surface area contributed by atoms with Crippen molar-refractivity contribution in [1.82, 2.24) is 0 Å². The van der Waals surface area contributed by atoms with E-state index in [1.165, 1.54) is 14.2 Å². The quantitative estimate of drug-likeness (QED) is 0.809. The van der Waals surface area contributed by atoms with E-state index in [1.54, 1.807) is 24.3 Å². The topological polar surface area (TPSA) is 35.5 Å². The number of benzene rings is 2. The van der Waals surface area contributed by atoms with Crippen LogP contribution in [0.25, 0.3) is 0 Å². The van der Waals surface area contributed by atoms with Gasteiger partial charge in [0.05, 0.1) is 19.8 Å². The Morgan fingerprint density at radius 2 is 1.85 bits per heavy atom. The molecule has 103 valence electrons. The predicted molar refractivity (Wildman–Crippen MR) is 73.2 cm³/mol. The molecule has 0 N–H and O–H groups in total. The fraction of sp³-hybridized carbons (Fsp3) is 0.133. The van der Waals surface area contributed by atoms with Crippen molar-refractivity contribution in [3.63, 3.8) is 0 Å². The lowest BCUT2D eigenvalue weighted by Crippen LogP contribution is -2.06. The van der Waals surface area contributed by atoms with Crippen LogP contribution < -0.4 is 9.47 Å². The van der Waals surface area contributed by atoms with Crippen molar-refractivity contribution in [2.24, 2.45) is 0 Å². The van der Waals surface area contributed by atoms with Gasteiger partial charge in [0, 0.05) is 22.7 Å². The Bertz CT molecular complexity index is 638. The van der Waals surface area contributed by atoms with Gasteiger partial charge in [-0.2, -0.15) is 0 Å². The minimum Gasteiger partial charge on any atom is -0.493 e. The first-order valence-corrected chi connectivity index (χ1v) is 6.08. The van der Waals surface area contributed by atoms with Gasteiger partial charge < -0.3 is 9.47 Å². The molecular weight excluding hydrogens is 283 g/mol. The number of ketones is 1. The Balaban J connectivity index is 2.53. The molecule has 2 aromatic rings. The summed E-state index contributed by atoms with van der Waals surface area (Å²) >= 11 is 5.77. The van der Waals surface area contributed by atoms with Gasteiger partial charge in [-0.1, -0.05) is 11.6 Å². The highest BCUT2D eigenvalue weighted by atomic mass is 35.5. The second-order valence-electron chi connectivity index (χ2n) is 3.93. The maximum atomic E-state index is 13.5. The molecule has 3 nitrogen and oxygen atoms in total. The standard InChI is InChI=1S/C15H11ClFO3/c1-19-13-8-11(17)7-12(15(13)20-2)14(18)9-3-5-10(16)6-4-9/h3-6,8H,1-2H3. The Kier molecular flexibility index (Phi) is 4.25. The molecule has 2 aromatic carbocycles. The van der Waals surface area contributed by atoms with Crippen molar-refractivity contribution in [2.45, 2.75) is 0 Å². The minimum atomic E-state index is -0.694. The fourth-order valence-corrected chi connectivity index (χ4v) is 1.90. The molecule has 0 aliphatic rings. The van der Waals surface area contributed by atoms with E-state index in [0.717, 1.165) is 6.07 Å². The molecule has 0 aliphatic carbocycles. The van der Waals surface area contributed by atoms with Crippen molar-refractivity contribution in [3.05, 3.63) is 58.4 Å². The lowest BCUT2D eigenvalue weighted by atomic mass is 10.0. The molecule has 0 heterocycles. The lowest BCUT2D eigenvalue weighted by molar-refractivity contribution is 0.103. The SMILES string of the molecule is COc1cc(F)[c]c(C(=O)c2ccc(Cl)cc2)c1OC. The third-order valence-corrected chi connectivity index (χ3v) is 2.96. The highest BCUT2D eigenvalue weighted by molar-refractivity contribution is 6.30. The van der Waals surface area contributed by atoms with E-state index in [9.17, 15) is 9.18 Å². The third-order valence-electron chi connectivity index (χ3n) is 2.71. The van der Waals surface area contributed by atoms with Crippen LogP contribution >= 0.6 is 11.6 Å². The summed E-state index contributed by atoms with van der Waals surface area (Å²) in [4.78, 5) is 12.4. The summed E-state index contributed by atoms with van der Waals surface area (Å²) in [6, 6.07) is 9.73.